The van der Waals surface area contributed by atoms with E-state index >= 15 is 0 Å². The molecule has 1 aromatic heterocycles. The molecule has 4 heteroatoms. The van der Waals surface area contributed by atoms with Crippen molar-refractivity contribution in [3.05, 3.63) is 83.2 Å². The Morgan fingerprint density at radius 1 is 1.08 bits per heavy atom. The van der Waals surface area contributed by atoms with Crippen LogP contribution in [0.25, 0.3) is 5.69 Å². The molecular formula is C22H23N3O. The van der Waals surface area contributed by atoms with Gasteiger partial charge in [0.1, 0.15) is 0 Å². The Balaban J connectivity index is 1.70. The molecule has 4 rings (SSSR count). The monoisotopic (exact) mass is 345 g/mol. The molecule has 0 spiro atoms. The van der Waals surface area contributed by atoms with Gasteiger partial charge < -0.3 is 14.8 Å². The Hall–Kier alpha value is -3.01. The summed E-state index contributed by atoms with van der Waals surface area (Å²) in [7, 11) is 0. The number of fused-ring (bicyclic) bond motifs is 3. The smallest absolute Gasteiger partial charge is 0.318 e. The molecule has 132 valence electrons. The van der Waals surface area contributed by atoms with Gasteiger partial charge in [0.2, 0.25) is 0 Å². The minimum atomic E-state index is -0.0751. The molecule has 0 saturated carbocycles. The molecule has 4 nitrogen and oxygen atoms in total. The van der Waals surface area contributed by atoms with E-state index in [4.69, 9.17) is 0 Å². The highest BCUT2D eigenvalue weighted by atomic mass is 16.2. The van der Waals surface area contributed by atoms with Gasteiger partial charge in [-0.2, -0.15) is 0 Å². The van der Waals surface area contributed by atoms with E-state index < -0.39 is 0 Å². The van der Waals surface area contributed by atoms with E-state index in [1.807, 2.05) is 42.2 Å². The molecule has 0 radical (unpaired) electrons. The van der Waals surface area contributed by atoms with Gasteiger partial charge in [0, 0.05) is 17.6 Å². The summed E-state index contributed by atoms with van der Waals surface area (Å²) in [5.41, 5.74) is 6.53. The summed E-state index contributed by atoms with van der Waals surface area (Å²) in [5, 5.41) is 3.10. The van der Waals surface area contributed by atoms with Crippen LogP contribution < -0.4 is 5.32 Å². The summed E-state index contributed by atoms with van der Waals surface area (Å²) in [6.45, 7) is 6.74. The maximum absolute atomic E-state index is 13.1. The molecular weight excluding hydrogens is 322 g/mol. The first-order chi connectivity index (χ1) is 12.5. The van der Waals surface area contributed by atoms with Crippen molar-refractivity contribution in [1.29, 1.82) is 0 Å². The number of amides is 2. The third kappa shape index (κ3) is 2.77. The molecule has 26 heavy (non-hydrogen) atoms. The number of aromatic nitrogens is 1. The third-order valence-electron chi connectivity index (χ3n) is 5.15. The lowest BCUT2D eigenvalue weighted by molar-refractivity contribution is 0.189. The molecule has 2 heterocycles. The highest BCUT2D eigenvalue weighted by Crippen LogP contribution is 2.32. The summed E-state index contributed by atoms with van der Waals surface area (Å²) < 4.78 is 2.18. The van der Waals surface area contributed by atoms with Crippen LogP contribution in [-0.2, 0) is 6.54 Å². The minimum absolute atomic E-state index is 0.0249. The van der Waals surface area contributed by atoms with Crippen LogP contribution in [0.1, 0.15) is 35.3 Å². The van der Waals surface area contributed by atoms with Crippen molar-refractivity contribution in [2.24, 2.45) is 0 Å². The highest BCUT2D eigenvalue weighted by molar-refractivity contribution is 5.90. The van der Waals surface area contributed by atoms with Crippen LogP contribution in [0.15, 0.2) is 60.8 Å². The first-order valence-corrected chi connectivity index (χ1v) is 8.95. The number of hydrogen-bond acceptors (Lipinski definition) is 1. The number of nitrogens with one attached hydrogen (secondary N) is 1. The third-order valence-corrected chi connectivity index (χ3v) is 5.15. The van der Waals surface area contributed by atoms with Gasteiger partial charge in [-0.05, 0) is 56.2 Å². The normalized spacial score (nSPS) is 15.8. The fraction of sp³-hybridized carbons (Fsp3) is 0.227. The summed E-state index contributed by atoms with van der Waals surface area (Å²) in [6, 6.07) is 18.4. The van der Waals surface area contributed by atoms with E-state index in [9.17, 15) is 4.79 Å². The number of carbonyl (C=O) groups is 1. The van der Waals surface area contributed by atoms with Crippen molar-refractivity contribution >= 4 is 11.7 Å². The van der Waals surface area contributed by atoms with Crippen LogP contribution in [-0.4, -0.2) is 15.5 Å². The van der Waals surface area contributed by atoms with Gasteiger partial charge in [0.25, 0.3) is 0 Å². The van der Waals surface area contributed by atoms with Crippen molar-refractivity contribution in [1.82, 2.24) is 9.47 Å². The number of rotatable bonds is 1. The number of benzene rings is 2. The van der Waals surface area contributed by atoms with Gasteiger partial charge in [0.15, 0.2) is 0 Å². The van der Waals surface area contributed by atoms with E-state index in [-0.39, 0.29) is 12.1 Å². The topological polar surface area (TPSA) is 37.3 Å². The lowest BCUT2D eigenvalue weighted by atomic mass is 10.1. The Kier molecular flexibility index (Phi) is 4.03. The SMILES string of the molecule is Cc1ccc(NC(=O)N2Cc3ccccc3-n3cccc3C2C)c(C)c1. The van der Waals surface area contributed by atoms with Gasteiger partial charge in [0.05, 0.1) is 18.3 Å². The second-order valence-corrected chi connectivity index (χ2v) is 6.98. The first-order valence-electron chi connectivity index (χ1n) is 8.95. The van der Waals surface area contributed by atoms with Gasteiger partial charge in [-0.3, -0.25) is 0 Å². The average Bonchev–Trinajstić information content (AvgIpc) is 3.07. The molecule has 1 aliphatic heterocycles. The number of para-hydroxylation sites is 1. The Bertz CT molecular complexity index is 973. The summed E-state index contributed by atoms with van der Waals surface area (Å²) in [4.78, 5) is 15.0. The highest BCUT2D eigenvalue weighted by Gasteiger charge is 2.28. The fourth-order valence-electron chi connectivity index (χ4n) is 3.70. The predicted molar refractivity (Wildman–Crippen MR) is 105 cm³/mol. The molecule has 3 aromatic rings. The predicted octanol–water partition coefficient (Wildman–Crippen LogP) is 5.20. The second kappa shape index (κ2) is 6.37. The summed E-state index contributed by atoms with van der Waals surface area (Å²) in [5.74, 6) is 0. The number of hydrogen-bond donors (Lipinski definition) is 1. The van der Waals surface area contributed by atoms with Crippen molar-refractivity contribution in [2.45, 2.75) is 33.4 Å². The van der Waals surface area contributed by atoms with E-state index in [0.29, 0.717) is 6.54 Å². The maximum atomic E-state index is 13.1. The lowest BCUT2D eigenvalue weighted by Gasteiger charge is -2.28. The Morgan fingerprint density at radius 2 is 1.88 bits per heavy atom. The Morgan fingerprint density at radius 3 is 2.69 bits per heavy atom. The molecule has 1 N–H and O–H groups in total. The molecule has 2 amide bonds. The first kappa shape index (κ1) is 16.5. The van der Waals surface area contributed by atoms with Crippen molar-refractivity contribution < 1.29 is 4.79 Å². The molecule has 1 unspecified atom stereocenters. The standard InChI is InChI=1S/C22H23N3O/c1-15-10-11-19(16(2)13-15)23-22(26)25-14-18-7-4-5-8-21(18)24-12-6-9-20(24)17(25)3/h4-13,17H,14H2,1-3H3,(H,23,26). The van der Waals surface area contributed by atoms with Gasteiger partial charge in [-0.15, -0.1) is 0 Å². The molecule has 0 saturated heterocycles. The molecule has 0 fully saturated rings. The molecule has 1 atom stereocenters. The molecule has 1 aliphatic rings. The molecule has 2 aromatic carbocycles. The zero-order valence-corrected chi connectivity index (χ0v) is 15.4. The Labute approximate surface area is 154 Å². The van der Waals surface area contributed by atoms with E-state index in [1.165, 1.54) is 5.56 Å². The van der Waals surface area contributed by atoms with Crippen molar-refractivity contribution in [2.75, 3.05) is 5.32 Å². The fourth-order valence-corrected chi connectivity index (χ4v) is 3.70. The van der Waals surface area contributed by atoms with Gasteiger partial charge in [-0.25, -0.2) is 4.79 Å². The van der Waals surface area contributed by atoms with Crippen LogP contribution >= 0.6 is 0 Å². The second-order valence-electron chi connectivity index (χ2n) is 6.98. The van der Waals surface area contributed by atoms with E-state index in [2.05, 4.69) is 54.2 Å². The van der Waals surface area contributed by atoms with Crippen LogP contribution in [0.2, 0.25) is 0 Å². The van der Waals surface area contributed by atoms with E-state index in [0.717, 1.165) is 28.2 Å². The molecule has 0 bridgehead atoms. The van der Waals surface area contributed by atoms with Crippen molar-refractivity contribution in [3.8, 4) is 5.69 Å². The minimum Gasteiger partial charge on any atom is -0.318 e. The number of urea groups is 1. The van der Waals surface area contributed by atoms with Crippen LogP contribution in [0, 0.1) is 13.8 Å². The van der Waals surface area contributed by atoms with Crippen LogP contribution in [0.3, 0.4) is 0 Å². The maximum Gasteiger partial charge on any atom is 0.322 e. The lowest BCUT2D eigenvalue weighted by Crippen LogP contribution is -2.36. The van der Waals surface area contributed by atoms with Crippen LogP contribution in [0.4, 0.5) is 10.5 Å². The number of carbonyl (C=O) groups excluding carboxylic acids is 1. The quantitative estimate of drug-likeness (QED) is 0.646. The van der Waals surface area contributed by atoms with Gasteiger partial charge in [-0.1, -0.05) is 35.9 Å². The van der Waals surface area contributed by atoms with Crippen molar-refractivity contribution in [3.63, 3.8) is 0 Å². The van der Waals surface area contributed by atoms with Gasteiger partial charge >= 0.3 is 6.03 Å². The zero-order chi connectivity index (χ0) is 18.3. The summed E-state index contributed by atoms with van der Waals surface area (Å²) >= 11 is 0. The van der Waals surface area contributed by atoms with E-state index in [1.54, 1.807) is 0 Å². The summed E-state index contributed by atoms with van der Waals surface area (Å²) in [6.07, 6.45) is 2.07. The number of nitrogens with zero attached hydrogens (tertiary/aromatic N) is 2. The molecule has 0 aliphatic carbocycles. The largest absolute Gasteiger partial charge is 0.322 e. The van der Waals surface area contributed by atoms with Crippen LogP contribution in [0.5, 0.6) is 0 Å². The number of anilines is 1. The zero-order valence-electron chi connectivity index (χ0n) is 15.4. The number of aryl methyl sites for hydroxylation is 2. The average molecular weight is 345 g/mol.